The van der Waals surface area contributed by atoms with Gasteiger partial charge in [0, 0.05) is 43.3 Å². The highest BCUT2D eigenvalue weighted by atomic mass is 35.5. The average Bonchev–Trinajstić information content (AvgIpc) is 3.30. The number of thiazole rings is 1. The molecule has 10 heteroatoms. The minimum Gasteiger partial charge on any atom is -0.506 e. The third kappa shape index (κ3) is 5.94. The molecule has 2 fully saturated rings. The molecule has 2 aromatic carbocycles. The topological polar surface area (TPSA) is 68.7 Å². The molecule has 36 heavy (non-hydrogen) atoms. The Balaban J connectivity index is 0.00000304. The van der Waals surface area contributed by atoms with Crippen molar-refractivity contribution in [3.05, 3.63) is 58.9 Å². The number of amides is 1. The van der Waals surface area contributed by atoms with Crippen molar-refractivity contribution >= 4 is 51.4 Å². The van der Waals surface area contributed by atoms with Crippen LogP contribution in [-0.4, -0.2) is 53.1 Å². The number of benzene rings is 2. The van der Waals surface area contributed by atoms with Gasteiger partial charge in [-0.3, -0.25) is 15.0 Å². The fraction of sp³-hybridized carbons (Fsp3) is 0.385. The normalized spacial score (nSPS) is 17.0. The number of halogens is 3. The molecular weight excluding hydrogens is 522 g/mol. The largest absolute Gasteiger partial charge is 0.506 e. The van der Waals surface area contributed by atoms with E-state index in [9.17, 15) is 14.3 Å². The predicted molar refractivity (Wildman–Crippen MR) is 146 cm³/mol. The van der Waals surface area contributed by atoms with Crippen molar-refractivity contribution in [1.29, 1.82) is 0 Å². The second-order valence-corrected chi connectivity index (χ2v) is 10.5. The lowest BCUT2D eigenvalue weighted by atomic mass is 9.94. The van der Waals surface area contributed by atoms with Crippen molar-refractivity contribution in [2.45, 2.75) is 38.1 Å². The van der Waals surface area contributed by atoms with E-state index in [4.69, 9.17) is 16.6 Å². The number of carbonyl (C=O) groups is 1. The van der Waals surface area contributed by atoms with Crippen molar-refractivity contribution in [1.82, 2.24) is 9.88 Å². The minimum atomic E-state index is -0.361. The van der Waals surface area contributed by atoms with Crippen LogP contribution < -0.4 is 10.2 Å². The lowest BCUT2D eigenvalue weighted by Crippen LogP contribution is -2.50. The number of phenols is 1. The Labute approximate surface area is 225 Å². The number of hydrogen-bond acceptors (Lipinski definition) is 6. The first-order valence-corrected chi connectivity index (χ1v) is 13.2. The van der Waals surface area contributed by atoms with Crippen LogP contribution in [0.1, 0.15) is 42.5 Å². The number of aromatic nitrogens is 1. The van der Waals surface area contributed by atoms with Gasteiger partial charge in [-0.15, -0.1) is 12.4 Å². The van der Waals surface area contributed by atoms with Gasteiger partial charge in [-0.2, -0.15) is 0 Å². The maximum Gasteiger partial charge on any atom is 0.257 e. The van der Waals surface area contributed by atoms with Crippen molar-refractivity contribution in [2.24, 2.45) is 0 Å². The lowest BCUT2D eigenvalue weighted by Gasteiger charge is -2.41. The molecule has 1 aliphatic heterocycles. The average molecular weight is 552 g/mol. The molecule has 6 nitrogen and oxygen atoms in total. The van der Waals surface area contributed by atoms with Gasteiger partial charge < -0.3 is 10.0 Å². The van der Waals surface area contributed by atoms with E-state index < -0.39 is 0 Å². The van der Waals surface area contributed by atoms with Gasteiger partial charge in [0.15, 0.2) is 5.13 Å². The Kier molecular flexibility index (Phi) is 8.72. The van der Waals surface area contributed by atoms with Crippen molar-refractivity contribution in [2.75, 3.05) is 36.4 Å². The number of carbonyl (C=O) groups excluding carboxylic acids is 1. The van der Waals surface area contributed by atoms with Crippen LogP contribution in [-0.2, 0) is 0 Å². The van der Waals surface area contributed by atoms with Crippen LogP contribution in [0.2, 0.25) is 5.02 Å². The molecule has 0 bridgehead atoms. The van der Waals surface area contributed by atoms with Gasteiger partial charge in [0.05, 0.1) is 5.02 Å². The van der Waals surface area contributed by atoms with E-state index in [2.05, 4.69) is 15.1 Å². The number of nitrogens with one attached hydrogen (secondary N) is 1. The van der Waals surface area contributed by atoms with Gasteiger partial charge in [-0.25, -0.2) is 9.37 Å². The fourth-order valence-corrected chi connectivity index (χ4v) is 6.15. The molecule has 192 valence electrons. The molecule has 1 saturated heterocycles. The zero-order valence-electron chi connectivity index (χ0n) is 19.8. The molecule has 5 rings (SSSR count). The number of piperazine rings is 1. The molecule has 1 aromatic heterocycles. The van der Waals surface area contributed by atoms with E-state index in [0.29, 0.717) is 16.7 Å². The molecule has 0 atom stereocenters. The predicted octanol–water partition coefficient (Wildman–Crippen LogP) is 6.44. The van der Waals surface area contributed by atoms with Crippen LogP contribution in [0.3, 0.4) is 0 Å². The van der Waals surface area contributed by atoms with Crippen LogP contribution in [0.25, 0.3) is 11.3 Å². The number of rotatable bonds is 5. The molecule has 2 aliphatic rings. The lowest BCUT2D eigenvalue weighted by molar-refractivity contribution is 0.102. The Morgan fingerprint density at radius 1 is 1.06 bits per heavy atom. The summed E-state index contributed by atoms with van der Waals surface area (Å²) in [6, 6.07) is 11.3. The molecule has 2 heterocycles. The molecule has 1 saturated carbocycles. The first-order chi connectivity index (χ1) is 17.0. The van der Waals surface area contributed by atoms with E-state index in [0.717, 1.165) is 42.4 Å². The van der Waals surface area contributed by atoms with Crippen molar-refractivity contribution < 1.29 is 14.3 Å². The highest BCUT2D eigenvalue weighted by Crippen LogP contribution is 2.40. The quantitative estimate of drug-likeness (QED) is 0.382. The molecule has 0 unspecified atom stereocenters. The van der Waals surface area contributed by atoms with Gasteiger partial charge in [-0.05, 0) is 55.3 Å². The van der Waals surface area contributed by atoms with Crippen LogP contribution in [0, 0.1) is 5.82 Å². The standard InChI is InChI=1S/C26H28ClFN4O2S.ClH/c27-21-16-18(8-11-22(21)33)24(34)30-26-29-23(17-6-9-19(28)10-7-17)25(35-26)32-14-12-31(13-15-32)20-4-2-1-3-5-20;/h6-11,16,20,33H,1-5,12-15H2,(H,29,30,34);1H. The van der Waals surface area contributed by atoms with Gasteiger partial charge in [0.1, 0.15) is 22.3 Å². The fourth-order valence-electron chi connectivity index (χ4n) is 4.93. The highest BCUT2D eigenvalue weighted by molar-refractivity contribution is 7.20. The summed E-state index contributed by atoms with van der Waals surface area (Å²) in [5, 5.41) is 14.0. The summed E-state index contributed by atoms with van der Waals surface area (Å²) >= 11 is 7.39. The second-order valence-electron chi connectivity index (χ2n) is 9.11. The Morgan fingerprint density at radius 3 is 2.42 bits per heavy atom. The highest BCUT2D eigenvalue weighted by Gasteiger charge is 2.28. The number of phenolic OH excluding ortho intramolecular Hbond substituents is 1. The molecule has 1 aliphatic carbocycles. The van der Waals surface area contributed by atoms with Gasteiger partial charge in [0.25, 0.3) is 5.91 Å². The first-order valence-electron chi connectivity index (χ1n) is 12.0. The monoisotopic (exact) mass is 550 g/mol. The summed E-state index contributed by atoms with van der Waals surface area (Å²) in [7, 11) is 0. The summed E-state index contributed by atoms with van der Waals surface area (Å²) < 4.78 is 13.6. The van der Waals surface area contributed by atoms with E-state index in [1.165, 1.54) is 73.8 Å². The van der Waals surface area contributed by atoms with E-state index >= 15 is 0 Å². The molecule has 3 aromatic rings. The zero-order valence-corrected chi connectivity index (χ0v) is 22.1. The van der Waals surface area contributed by atoms with Crippen molar-refractivity contribution in [3.8, 4) is 17.0 Å². The maximum absolute atomic E-state index is 13.6. The summed E-state index contributed by atoms with van der Waals surface area (Å²) in [5.74, 6) is -0.741. The Bertz CT molecular complexity index is 1190. The minimum absolute atomic E-state index is 0. The van der Waals surface area contributed by atoms with Gasteiger partial charge >= 0.3 is 0 Å². The van der Waals surface area contributed by atoms with Gasteiger partial charge in [-0.1, -0.05) is 42.2 Å². The number of hydrogen-bond donors (Lipinski definition) is 2. The van der Waals surface area contributed by atoms with Gasteiger partial charge in [0.2, 0.25) is 0 Å². The van der Waals surface area contributed by atoms with E-state index in [-0.39, 0.29) is 34.9 Å². The summed E-state index contributed by atoms with van der Waals surface area (Å²) in [5.41, 5.74) is 1.87. The third-order valence-corrected chi connectivity index (χ3v) is 8.18. The van der Waals surface area contributed by atoms with E-state index in [1.807, 2.05) is 0 Å². The number of aromatic hydroxyl groups is 1. The van der Waals surface area contributed by atoms with Crippen LogP contribution in [0.15, 0.2) is 42.5 Å². The SMILES string of the molecule is Cl.O=C(Nc1nc(-c2ccc(F)cc2)c(N2CCN(C3CCCCC3)CC2)s1)c1ccc(O)c(Cl)c1. The number of nitrogens with zero attached hydrogens (tertiary/aromatic N) is 3. The molecule has 0 spiro atoms. The maximum atomic E-state index is 13.6. The summed E-state index contributed by atoms with van der Waals surface area (Å²) in [6.07, 6.45) is 6.58. The molecular formula is C26H29Cl2FN4O2S. The summed E-state index contributed by atoms with van der Waals surface area (Å²) in [6.45, 7) is 3.76. The Morgan fingerprint density at radius 2 is 1.75 bits per heavy atom. The van der Waals surface area contributed by atoms with Crippen molar-refractivity contribution in [3.63, 3.8) is 0 Å². The zero-order chi connectivity index (χ0) is 24.4. The molecule has 1 amide bonds. The smallest absolute Gasteiger partial charge is 0.257 e. The number of anilines is 2. The van der Waals surface area contributed by atoms with Crippen LogP contribution in [0.5, 0.6) is 5.75 Å². The van der Waals surface area contributed by atoms with Crippen LogP contribution in [0.4, 0.5) is 14.5 Å². The third-order valence-electron chi connectivity index (χ3n) is 6.85. The van der Waals surface area contributed by atoms with E-state index in [1.54, 1.807) is 12.1 Å². The molecule has 2 N–H and O–H groups in total. The Hall–Kier alpha value is -2.39. The van der Waals surface area contributed by atoms with Crippen LogP contribution >= 0.6 is 35.3 Å². The first kappa shape index (κ1) is 26.7. The molecule has 0 radical (unpaired) electrons. The second kappa shape index (κ2) is 11.8. The summed E-state index contributed by atoms with van der Waals surface area (Å²) in [4.78, 5) is 22.5.